The molecule has 94 valence electrons. The predicted octanol–water partition coefficient (Wildman–Crippen LogP) is -0.0817. The van der Waals surface area contributed by atoms with Gasteiger partial charge in [-0.15, -0.1) is 0 Å². The maximum Gasteiger partial charge on any atom is 0.214 e. The highest BCUT2D eigenvalue weighted by atomic mass is 32.2. The van der Waals surface area contributed by atoms with Crippen LogP contribution in [0.2, 0.25) is 0 Å². The van der Waals surface area contributed by atoms with Crippen LogP contribution in [0.3, 0.4) is 0 Å². The Morgan fingerprint density at radius 2 is 1.81 bits per heavy atom. The zero-order chi connectivity index (χ0) is 11.6. The first-order valence-electron chi connectivity index (χ1n) is 5.95. The summed E-state index contributed by atoms with van der Waals surface area (Å²) in [5.41, 5.74) is 5.36. The summed E-state index contributed by atoms with van der Waals surface area (Å²) in [6.07, 6.45) is 3.69. The van der Waals surface area contributed by atoms with Crippen LogP contribution >= 0.6 is 0 Å². The highest BCUT2D eigenvalue weighted by molar-refractivity contribution is 7.89. The highest BCUT2D eigenvalue weighted by Gasteiger charge is 2.38. The van der Waals surface area contributed by atoms with Crippen molar-refractivity contribution in [3.63, 3.8) is 0 Å². The van der Waals surface area contributed by atoms with Crippen molar-refractivity contribution in [2.45, 2.75) is 37.9 Å². The Hall–Kier alpha value is -0.170. The summed E-state index contributed by atoms with van der Waals surface area (Å²) in [5, 5.41) is 0. The van der Waals surface area contributed by atoms with Crippen LogP contribution in [0.15, 0.2) is 0 Å². The Labute approximate surface area is 97.0 Å². The van der Waals surface area contributed by atoms with Crippen LogP contribution in [0.4, 0.5) is 0 Å². The van der Waals surface area contributed by atoms with Crippen LogP contribution in [0.1, 0.15) is 25.7 Å². The van der Waals surface area contributed by atoms with Gasteiger partial charge in [-0.2, -0.15) is 4.31 Å². The van der Waals surface area contributed by atoms with E-state index in [1.807, 2.05) is 0 Å². The molecule has 0 aliphatic carbocycles. The molecule has 0 spiro atoms. The number of hydrogen-bond acceptors (Lipinski definition) is 4. The molecule has 2 fully saturated rings. The maximum atomic E-state index is 12.0. The summed E-state index contributed by atoms with van der Waals surface area (Å²) < 4.78 is 31.2. The quantitative estimate of drug-likeness (QED) is 0.691. The number of fused-ring (bicyclic) bond motifs is 2. The second-order valence-corrected chi connectivity index (χ2v) is 6.67. The third kappa shape index (κ3) is 2.74. The minimum absolute atomic E-state index is 0.128. The molecule has 6 heteroatoms. The summed E-state index contributed by atoms with van der Waals surface area (Å²) in [7, 11) is -3.08. The molecule has 2 heterocycles. The Kier molecular flexibility index (Phi) is 3.84. The summed E-state index contributed by atoms with van der Waals surface area (Å²) in [5.74, 6) is 0.226. The molecule has 0 aromatic carbocycles. The number of nitrogens with two attached hydrogens (primary N) is 1. The molecule has 0 amide bonds. The average Bonchev–Trinajstić information content (AvgIpc) is 2.58. The second-order valence-electron chi connectivity index (χ2n) is 4.59. The molecule has 2 aliphatic rings. The fourth-order valence-electron chi connectivity index (χ4n) is 2.36. The van der Waals surface area contributed by atoms with E-state index in [1.54, 1.807) is 4.31 Å². The van der Waals surface area contributed by atoms with Crippen molar-refractivity contribution >= 4 is 10.0 Å². The Bertz CT molecular complexity index is 319. The van der Waals surface area contributed by atoms with Gasteiger partial charge in [0.25, 0.3) is 0 Å². The first-order chi connectivity index (χ1) is 7.62. The van der Waals surface area contributed by atoms with Crippen LogP contribution in [-0.4, -0.2) is 50.3 Å². The van der Waals surface area contributed by atoms with Crippen molar-refractivity contribution in [3.05, 3.63) is 0 Å². The first-order valence-corrected chi connectivity index (χ1v) is 7.56. The van der Waals surface area contributed by atoms with E-state index in [9.17, 15) is 8.42 Å². The van der Waals surface area contributed by atoms with Crippen molar-refractivity contribution in [1.82, 2.24) is 4.31 Å². The van der Waals surface area contributed by atoms with E-state index in [0.29, 0.717) is 26.1 Å². The van der Waals surface area contributed by atoms with Crippen molar-refractivity contribution in [3.8, 4) is 0 Å². The predicted molar refractivity (Wildman–Crippen MR) is 61.5 cm³/mol. The SMILES string of the molecule is NCCCCS(=O)(=O)N1CC2CCC(C1)O2. The molecule has 2 atom stereocenters. The van der Waals surface area contributed by atoms with E-state index < -0.39 is 10.0 Å². The maximum absolute atomic E-state index is 12.0. The lowest BCUT2D eigenvalue weighted by molar-refractivity contribution is -0.0114. The fraction of sp³-hybridized carbons (Fsp3) is 1.00. The normalized spacial score (nSPS) is 30.8. The number of hydrogen-bond donors (Lipinski definition) is 1. The van der Waals surface area contributed by atoms with Gasteiger partial charge in [-0.05, 0) is 32.2 Å². The molecule has 0 saturated carbocycles. The molecule has 2 aliphatic heterocycles. The molecular weight excluding hydrogens is 228 g/mol. The fourth-order valence-corrected chi connectivity index (χ4v) is 3.98. The molecule has 0 radical (unpaired) electrons. The van der Waals surface area contributed by atoms with Gasteiger partial charge < -0.3 is 10.5 Å². The zero-order valence-electron chi connectivity index (χ0n) is 9.47. The smallest absolute Gasteiger partial charge is 0.214 e. The molecule has 16 heavy (non-hydrogen) atoms. The van der Waals surface area contributed by atoms with Gasteiger partial charge in [0, 0.05) is 13.1 Å². The minimum Gasteiger partial charge on any atom is -0.372 e. The van der Waals surface area contributed by atoms with Gasteiger partial charge in [-0.25, -0.2) is 8.42 Å². The van der Waals surface area contributed by atoms with Crippen molar-refractivity contribution in [2.24, 2.45) is 5.73 Å². The Morgan fingerprint density at radius 3 is 2.38 bits per heavy atom. The van der Waals surface area contributed by atoms with Crippen LogP contribution in [0.5, 0.6) is 0 Å². The van der Waals surface area contributed by atoms with Crippen LogP contribution < -0.4 is 5.73 Å². The lowest BCUT2D eigenvalue weighted by Gasteiger charge is -2.31. The number of nitrogens with zero attached hydrogens (tertiary/aromatic N) is 1. The molecule has 2 rings (SSSR count). The minimum atomic E-state index is -3.08. The number of morpholine rings is 1. The van der Waals surface area contributed by atoms with Crippen LogP contribution in [-0.2, 0) is 14.8 Å². The molecular formula is C10H20N2O3S. The molecule has 2 saturated heterocycles. The van der Waals surface area contributed by atoms with Crippen molar-refractivity contribution in [2.75, 3.05) is 25.4 Å². The molecule has 2 unspecified atom stereocenters. The summed E-state index contributed by atoms with van der Waals surface area (Å²) in [4.78, 5) is 0. The largest absolute Gasteiger partial charge is 0.372 e. The number of sulfonamides is 1. The molecule has 5 nitrogen and oxygen atoms in total. The van der Waals surface area contributed by atoms with E-state index in [1.165, 1.54) is 0 Å². The first kappa shape index (κ1) is 12.3. The lowest BCUT2D eigenvalue weighted by atomic mass is 10.2. The summed E-state index contributed by atoms with van der Waals surface area (Å²) >= 11 is 0. The average molecular weight is 248 g/mol. The Balaban J connectivity index is 1.91. The van der Waals surface area contributed by atoms with E-state index in [4.69, 9.17) is 10.5 Å². The zero-order valence-corrected chi connectivity index (χ0v) is 10.3. The van der Waals surface area contributed by atoms with Gasteiger partial charge in [0.05, 0.1) is 18.0 Å². The van der Waals surface area contributed by atoms with Crippen LogP contribution in [0, 0.1) is 0 Å². The van der Waals surface area contributed by atoms with Gasteiger partial charge in [0.2, 0.25) is 10.0 Å². The van der Waals surface area contributed by atoms with Gasteiger partial charge in [0.1, 0.15) is 0 Å². The number of unbranched alkanes of at least 4 members (excludes halogenated alkanes) is 1. The molecule has 2 bridgehead atoms. The van der Waals surface area contributed by atoms with Gasteiger partial charge in [-0.1, -0.05) is 0 Å². The van der Waals surface area contributed by atoms with E-state index in [2.05, 4.69) is 0 Å². The number of ether oxygens (including phenoxy) is 1. The van der Waals surface area contributed by atoms with E-state index in [-0.39, 0.29) is 18.0 Å². The second kappa shape index (κ2) is 5.00. The highest BCUT2D eigenvalue weighted by Crippen LogP contribution is 2.27. The van der Waals surface area contributed by atoms with Gasteiger partial charge >= 0.3 is 0 Å². The third-order valence-electron chi connectivity index (χ3n) is 3.26. The standard InChI is InChI=1S/C10H20N2O3S/c11-5-1-2-6-16(13,14)12-7-9-3-4-10(8-12)15-9/h9-10H,1-8,11H2. The number of rotatable bonds is 5. The molecule has 0 aromatic heterocycles. The molecule has 2 N–H and O–H groups in total. The topological polar surface area (TPSA) is 72.6 Å². The van der Waals surface area contributed by atoms with Crippen molar-refractivity contribution < 1.29 is 13.2 Å². The van der Waals surface area contributed by atoms with Crippen molar-refractivity contribution in [1.29, 1.82) is 0 Å². The van der Waals surface area contributed by atoms with Gasteiger partial charge in [0.15, 0.2) is 0 Å². The lowest BCUT2D eigenvalue weighted by Crippen LogP contribution is -2.46. The van der Waals surface area contributed by atoms with Gasteiger partial charge in [-0.3, -0.25) is 0 Å². The van der Waals surface area contributed by atoms with E-state index in [0.717, 1.165) is 19.3 Å². The Morgan fingerprint density at radius 1 is 1.19 bits per heavy atom. The molecule has 0 aromatic rings. The monoisotopic (exact) mass is 248 g/mol. The van der Waals surface area contributed by atoms with E-state index >= 15 is 0 Å². The summed E-state index contributed by atoms with van der Waals surface area (Å²) in [6.45, 7) is 1.65. The third-order valence-corrected chi connectivity index (χ3v) is 5.15. The van der Waals surface area contributed by atoms with Crippen LogP contribution in [0.25, 0.3) is 0 Å². The summed E-state index contributed by atoms with van der Waals surface area (Å²) in [6, 6.07) is 0.